The molecule has 0 amide bonds. The zero-order valence-electron chi connectivity index (χ0n) is 8.58. The second-order valence-electron chi connectivity index (χ2n) is 3.79. The maximum Gasteiger partial charge on any atom is 0.136 e. The van der Waals surface area contributed by atoms with E-state index in [9.17, 15) is 4.79 Å². The number of carbonyl (C=O) groups excluding carboxylic acids is 1. The first-order chi connectivity index (χ1) is 6.24. The van der Waals surface area contributed by atoms with E-state index in [4.69, 9.17) is 0 Å². The van der Waals surface area contributed by atoms with Crippen LogP contribution in [-0.4, -0.2) is 42.8 Å². The number of Topliss-reactive ketones (excluding diaryl/α,β-unsaturated/α-hetero) is 1. The van der Waals surface area contributed by atoms with Gasteiger partial charge in [0.2, 0.25) is 0 Å². The van der Waals surface area contributed by atoms with Crippen LogP contribution in [-0.2, 0) is 4.79 Å². The number of likely N-dealkylation sites (tertiary alicyclic amines) is 1. The predicted octanol–water partition coefficient (Wildman–Crippen LogP) is 1.65. The average Bonchev–Trinajstić information content (AvgIpc) is 2.15. The van der Waals surface area contributed by atoms with Gasteiger partial charge in [-0.3, -0.25) is 4.79 Å². The van der Waals surface area contributed by atoms with Crippen LogP contribution in [0.5, 0.6) is 0 Å². The van der Waals surface area contributed by atoms with E-state index in [2.05, 4.69) is 18.2 Å². The zero-order valence-corrected chi connectivity index (χ0v) is 9.40. The molecule has 0 aliphatic carbocycles. The molecule has 0 aromatic carbocycles. The summed E-state index contributed by atoms with van der Waals surface area (Å²) in [5.74, 6) is 1.84. The summed E-state index contributed by atoms with van der Waals surface area (Å²) < 4.78 is 0. The third-order valence-corrected chi connectivity index (χ3v) is 3.34. The highest BCUT2D eigenvalue weighted by atomic mass is 32.2. The summed E-state index contributed by atoms with van der Waals surface area (Å²) in [6.07, 6.45) is 4.98. The van der Waals surface area contributed by atoms with Crippen molar-refractivity contribution in [3.8, 4) is 0 Å². The molecule has 1 rings (SSSR count). The minimum absolute atomic E-state index is 0.364. The highest BCUT2D eigenvalue weighted by molar-refractivity contribution is 7.98. The molecule has 0 bridgehead atoms. The van der Waals surface area contributed by atoms with Crippen molar-refractivity contribution in [3.63, 3.8) is 0 Å². The molecular formula is C10H19NOS. The van der Waals surface area contributed by atoms with E-state index in [1.165, 1.54) is 0 Å². The fraction of sp³-hybridized carbons (Fsp3) is 0.900. The number of nitrogens with zero attached hydrogens (tertiary/aromatic N) is 1. The van der Waals surface area contributed by atoms with Gasteiger partial charge in [0.1, 0.15) is 5.78 Å². The Hall–Kier alpha value is -0.0200. The molecule has 0 spiro atoms. The summed E-state index contributed by atoms with van der Waals surface area (Å²) in [6.45, 7) is 2.19. The molecule has 0 N–H and O–H groups in total. The van der Waals surface area contributed by atoms with Gasteiger partial charge in [-0.05, 0) is 45.0 Å². The Bertz CT molecular complexity index is 164. The van der Waals surface area contributed by atoms with Gasteiger partial charge >= 0.3 is 0 Å². The van der Waals surface area contributed by atoms with Crippen LogP contribution >= 0.6 is 11.8 Å². The Balaban J connectivity index is 2.23. The van der Waals surface area contributed by atoms with Crippen molar-refractivity contribution < 1.29 is 4.79 Å². The number of piperidine rings is 1. The molecule has 1 aliphatic heterocycles. The van der Waals surface area contributed by atoms with Crippen LogP contribution in [0, 0.1) is 5.92 Å². The lowest BCUT2D eigenvalue weighted by Gasteiger charge is -2.27. The van der Waals surface area contributed by atoms with Crippen LogP contribution in [0.3, 0.4) is 0 Å². The minimum Gasteiger partial charge on any atom is -0.306 e. The second-order valence-corrected chi connectivity index (χ2v) is 4.77. The standard InChI is InChI=1S/C10H19NOS/c1-11-6-3-9(4-7-11)10(12)5-8-13-2/h9H,3-8H2,1-2H3. The highest BCUT2D eigenvalue weighted by Gasteiger charge is 2.22. The summed E-state index contributed by atoms with van der Waals surface area (Å²) in [5, 5.41) is 0. The fourth-order valence-electron chi connectivity index (χ4n) is 1.74. The van der Waals surface area contributed by atoms with Crippen LogP contribution in [0.1, 0.15) is 19.3 Å². The molecule has 13 heavy (non-hydrogen) atoms. The van der Waals surface area contributed by atoms with Crippen LogP contribution in [0.25, 0.3) is 0 Å². The quantitative estimate of drug-likeness (QED) is 0.690. The topological polar surface area (TPSA) is 20.3 Å². The molecule has 1 heterocycles. The Morgan fingerprint density at radius 2 is 2.08 bits per heavy atom. The smallest absolute Gasteiger partial charge is 0.136 e. The van der Waals surface area contributed by atoms with Crippen molar-refractivity contribution in [2.45, 2.75) is 19.3 Å². The summed E-state index contributed by atoms with van der Waals surface area (Å²) in [7, 11) is 2.13. The first kappa shape index (κ1) is 11.1. The number of ketones is 1. The Morgan fingerprint density at radius 3 is 2.62 bits per heavy atom. The SMILES string of the molecule is CSCCC(=O)C1CCN(C)CC1. The van der Waals surface area contributed by atoms with E-state index in [0.29, 0.717) is 11.7 Å². The van der Waals surface area contributed by atoms with Crippen molar-refractivity contribution in [2.24, 2.45) is 5.92 Å². The highest BCUT2D eigenvalue weighted by Crippen LogP contribution is 2.18. The molecule has 0 unspecified atom stereocenters. The molecule has 0 saturated carbocycles. The number of hydrogen-bond acceptors (Lipinski definition) is 3. The van der Waals surface area contributed by atoms with Crippen molar-refractivity contribution in [2.75, 3.05) is 32.1 Å². The number of hydrogen-bond donors (Lipinski definition) is 0. The van der Waals surface area contributed by atoms with Crippen molar-refractivity contribution in [1.82, 2.24) is 4.90 Å². The first-order valence-electron chi connectivity index (χ1n) is 4.94. The Kier molecular flexibility index (Phi) is 4.81. The van der Waals surface area contributed by atoms with E-state index >= 15 is 0 Å². The van der Waals surface area contributed by atoms with Crippen LogP contribution in [0.4, 0.5) is 0 Å². The normalized spacial score (nSPS) is 20.5. The molecule has 1 saturated heterocycles. The van der Waals surface area contributed by atoms with E-state index in [-0.39, 0.29) is 0 Å². The summed E-state index contributed by atoms with van der Waals surface area (Å²) in [4.78, 5) is 13.9. The summed E-state index contributed by atoms with van der Waals surface area (Å²) >= 11 is 1.76. The van der Waals surface area contributed by atoms with Gasteiger partial charge in [-0.2, -0.15) is 11.8 Å². The molecule has 1 aliphatic rings. The van der Waals surface area contributed by atoms with Crippen molar-refractivity contribution >= 4 is 17.5 Å². The third kappa shape index (κ3) is 3.69. The Morgan fingerprint density at radius 1 is 1.46 bits per heavy atom. The molecule has 0 radical (unpaired) electrons. The van der Waals surface area contributed by atoms with Gasteiger partial charge in [-0.25, -0.2) is 0 Å². The Labute approximate surface area is 85.1 Å². The van der Waals surface area contributed by atoms with Gasteiger partial charge in [0.15, 0.2) is 0 Å². The first-order valence-corrected chi connectivity index (χ1v) is 6.33. The van der Waals surface area contributed by atoms with E-state index in [0.717, 1.165) is 38.1 Å². The third-order valence-electron chi connectivity index (χ3n) is 2.73. The number of carbonyl (C=O) groups is 1. The molecule has 0 aromatic rings. The minimum atomic E-state index is 0.364. The lowest BCUT2D eigenvalue weighted by atomic mass is 9.91. The molecule has 76 valence electrons. The largest absolute Gasteiger partial charge is 0.306 e. The van der Waals surface area contributed by atoms with Gasteiger partial charge < -0.3 is 4.90 Å². The fourth-order valence-corrected chi connectivity index (χ4v) is 2.14. The molecule has 3 heteroatoms. The van der Waals surface area contributed by atoms with Gasteiger partial charge in [0, 0.05) is 12.3 Å². The molecular weight excluding hydrogens is 182 g/mol. The number of thioether (sulfide) groups is 1. The van der Waals surface area contributed by atoms with Gasteiger partial charge in [-0.1, -0.05) is 0 Å². The maximum absolute atomic E-state index is 11.6. The molecule has 0 atom stereocenters. The van der Waals surface area contributed by atoms with Gasteiger partial charge in [0.25, 0.3) is 0 Å². The summed E-state index contributed by atoms with van der Waals surface area (Å²) in [6, 6.07) is 0. The second kappa shape index (κ2) is 5.66. The number of rotatable bonds is 4. The molecule has 1 fully saturated rings. The van der Waals surface area contributed by atoms with Crippen molar-refractivity contribution in [3.05, 3.63) is 0 Å². The predicted molar refractivity (Wildman–Crippen MR) is 58.2 cm³/mol. The van der Waals surface area contributed by atoms with Crippen LogP contribution < -0.4 is 0 Å². The lowest BCUT2D eigenvalue weighted by Crippen LogP contribution is -2.33. The average molecular weight is 201 g/mol. The van der Waals surface area contributed by atoms with Crippen LogP contribution in [0.2, 0.25) is 0 Å². The van der Waals surface area contributed by atoms with Gasteiger partial charge in [0.05, 0.1) is 0 Å². The van der Waals surface area contributed by atoms with Crippen LogP contribution in [0.15, 0.2) is 0 Å². The van der Waals surface area contributed by atoms with Crippen molar-refractivity contribution in [1.29, 1.82) is 0 Å². The van der Waals surface area contributed by atoms with E-state index in [1.807, 2.05) is 0 Å². The molecule has 2 nitrogen and oxygen atoms in total. The van der Waals surface area contributed by atoms with Gasteiger partial charge in [-0.15, -0.1) is 0 Å². The lowest BCUT2D eigenvalue weighted by molar-refractivity contribution is -0.123. The molecule has 0 aromatic heterocycles. The van der Waals surface area contributed by atoms with E-state index < -0.39 is 0 Å². The zero-order chi connectivity index (χ0) is 9.68. The summed E-state index contributed by atoms with van der Waals surface area (Å²) in [5.41, 5.74) is 0. The maximum atomic E-state index is 11.6. The van der Waals surface area contributed by atoms with E-state index in [1.54, 1.807) is 11.8 Å². The monoisotopic (exact) mass is 201 g/mol.